The van der Waals surface area contributed by atoms with Crippen molar-refractivity contribution >= 4 is 37.5 Å². The molecule has 0 atom stereocenters. The normalized spacial score (nSPS) is 13.7. The Labute approximate surface area is 128 Å². The first-order valence-corrected chi connectivity index (χ1v) is 8.11. The molecule has 3 nitrogen and oxygen atoms in total. The van der Waals surface area contributed by atoms with E-state index < -0.39 is 0 Å². The van der Waals surface area contributed by atoms with Crippen LogP contribution in [0.15, 0.2) is 35.1 Å². The summed E-state index contributed by atoms with van der Waals surface area (Å²) in [5.41, 5.74) is 1.39. The van der Waals surface area contributed by atoms with Gasteiger partial charge in [0, 0.05) is 9.35 Å². The van der Waals surface area contributed by atoms with Gasteiger partial charge in [-0.25, -0.2) is 9.97 Å². The molecule has 0 saturated heterocycles. The zero-order chi connectivity index (χ0) is 13.5. The average molecular weight is 347 g/mol. The van der Waals surface area contributed by atoms with Gasteiger partial charge >= 0.3 is 0 Å². The molecule has 2 heterocycles. The Kier molecular flexibility index (Phi) is 2.97. The number of ether oxygens (including phenoxy) is 1. The number of thiophene rings is 1. The summed E-state index contributed by atoms with van der Waals surface area (Å²) in [6.45, 7) is 0. The van der Waals surface area contributed by atoms with E-state index in [1.54, 1.807) is 17.7 Å². The van der Waals surface area contributed by atoms with Crippen molar-refractivity contribution in [2.75, 3.05) is 0 Å². The van der Waals surface area contributed by atoms with Crippen molar-refractivity contribution in [3.8, 4) is 11.6 Å². The molecular formula is C15H11BrN2OS. The van der Waals surface area contributed by atoms with E-state index in [9.17, 15) is 0 Å². The molecule has 20 heavy (non-hydrogen) atoms. The van der Waals surface area contributed by atoms with Crippen molar-refractivity contribution < 1.29 is 4.74 Å². The van der Waals surface area contributed by atoms with Gasteiger partial charge in [0.15, 0.2) is 0 Å². The zero-order valence-electron chi connectivity index (χ0n) is 10.6. The standard InChI is InChI=1S/C15H11BrN2OS/c16-9-4-6-10(7-5-9)19-14-13-11-2-1-3-12(11)20-15(13)18-8-17-14/h4-8H,1-3H2. The minimum absolute atomic E-state index is 0.678. The van der Waals surface area contributed by atoms with Gasteiger partial charge in [0.1, 0.15) is 16.9 Å². The van der Waals surface area contributed by atoms with Gasteiger partial charge in [-0.3, -0.25) is 0 Å². The third-order valence-corrected chi connectivity index (χ3v) is 5.22. The molecule has 1 aromatic carbocycles. The monoisotopic (exact) mass is 346 g/mol. The van der Waals surface area contributed by atoms with E-state index in [0.717, 1.165) is 33.3 Å². The van der Waals surface area contributed by atoms with Crippen molar-refractivity contribution in [3.05, 3.63) is 45.5 Å². The maximum Gasteiger partial charge on any atom is 0.231 e. The van der Waals surface area contributed by atoms with Crippen LogP contribution in [-0.2, 0) is 12.8 Å². The van der Waals surface area contributed by atoms with Gasteiger partial charge in [-0.2, -0.15) is 0 Å². The van der Waals surface area contributed by atoms with Gasteiger partial charge in [0.2, 0.25) is 5.88 Å². The van der Waals surface area contributed by atoms with Crippen LogP contribution in [0.25, 0.3) is 10.2 Å². The Morgan fingerprint density at radius 2 is 1.95 bits per heavy atom. The van der Waals surface area contributed by atoms with Crippen LogP contribution in [0.1, 0.15) is 16.9 Å². The van der Waals surface area contributed by atoms with Crippen LogP contribution in [0.3, 0.4) is 0 Å². The Balaban J connectivity index is 1.81. The van der Waals surface area contributed by atoms with E-state index in [4.69, 9.17) is 4.74 Å². The topological polar surface area (TPSA) is 35.0 Å². The fraction of sp³-hybridized carbons (Fsp3) is 0.200. The lowest BCUT2D eigenvalue weighted by Gasteiger charge is -2.06. The largest absolute Gasteiger partial charge is 0.438 e. The molecule has 0 spiro atoms. The maximum absolute atomic E-state index is 5.96. The first-order chi connectivity index (χ1) is 9.81. The van der Waals surface area contributed by atoms with E-state index in [1.165, 1.54) is 16.9 Å². The van der Waals surface area contributed by atoms with Crippen molar-refractivity contribution in [1.29, 1.82) is 0 Å². The minimum Gasteiger partial charge on any atom is -0.438 e. The predicted octanol–water partition coefficient (Wildman–Crippen LogP) is 4.73. The summed E-state index contributed by atoms with van der Waals surface area (Å²) in [7, 11) is 0. The predicted molar refractivity (Wildman–Crippen MR) is 83.7 cm³/mol. The number of nitrogens with zero attached hydrogens (tertiary/aromatic N) is 2. The lowest BCUT2D eigenvalue weighted by molar-refractivity contribution is 0.468. The Morgan fingerprint density at radius 3 is 2.80 bits per heavy atom. The molecule has 5 heteroatoms. The molecule has 0 N–H and O–H groups in total. The van der Waals surface area contributed by atoms with E-state index in [1.807, 2.05) is 24.3 Å². The van der Waals surface area contributed by atoms with E-state index >= 15 is 0 Å². The van der Waals surface area contributed by atoms with Gasteiger partial charge in [0.05, 0.1) is 5.39 Å². The highest BCUT2D eigenvalue weighted by Gasteiger charge is 2.22. The molecule has 4 rings (SSSR count). The highest BCUT2D eigenvalue weighted by Crippen LogP contribution is 2.40. The van der Waals surface area contributed by atoms with Crippen LogP contribution in [0.2, 0.25) is 0 Å². The van der Waals surface area contributed by atoms with E-state index in [2.05, 4.69) is 25.9 Å². The van der Waals surface area contributed by atoms with Gasteiger partial charge in [-0.05, 0) is 49.1 Å². The maximum atomic E-state index is 5.96. The molecular weight excluding hydrogens is 336 g/mol. The number of aromatic nitrogens is 2. The molecule has 0 amide bonds. The van der Waals surface area contributed by atoms with Crippen LogP contribution in [0.4, 0.5) is 0 Å². The fourth-order valence-electron chi connectivity index (χ4n) is 2.59. The number of rotatable bonds is 2. The van der Waals surface area contributed by atoms with Gasteiger partial charge in [0.25, 0.3) is 0 Å². The van der Waals surface area contributed by atoms with Crippen LogP contribution in [0.5, 0.6) is 11.6 Å². The fourth-order valence-corrected chi connectivity index (χ4v) is 4.08. The quantitative estimate of drug-likeness (QED) is 0.672. The number of fused-ring (bicyclic) bond motifs is 3. The van der Waals surface area contributed by atoms with Crippen LogP contribution in [-0.4, -0.2) is 9.97 Å². The average Bonchev–Trinajstić information content (AvgIpc) is 3.02. The minimum atomic E-state index is 0.678. The van der Waals surface area contributed by atoms with Crippen molar-refractivity contribution in [2.45, 2.75) is 19.3 Å². The lowest BCUT2D eigenvalue weighted by atomic mass is 10.2. The molecule has 1 aliphatic rings. The second kappa shape index (κ2) is 4.82. The first-order valence-electron chi connectivity index (χ1n) is 6.50. The van der Waals surface area contributed by atoms with Crippen molar-refractivity contribution in [1.82, 2.24) is 9.97 Å². The summed E-state index contributed by atoms with van der Waals surface area (Å²) < 4.78 is 7.00. The number of hydrogen-bond donors (Lipinski definition) is 0. The third kappa shape index (κ3) is 2.01. The zero-order valence-corrected chi connectivity index (χ0v) is 13.0. The van der Waals surface area contributed by atoms with Crippen molar-refractivity contribution in [3.63, 3.8) is 0 Å². The molecule has 1 aliphatic carbocycles. The Hall–Kier alpha value is -1.46. The second-order valence-electron chi connectivity index (χ2n) is 4.77. The Bertz CT molecular complexity index is 782. The summed E-state index contributed by atoms with van der Waals surface area (Å²) in [6, 6.07) is 7.80. The highest BCUT2D eigenvalue weighted by atomic mass is 79.9. The highest BCUT2D eigenvalue weighted by molar-refractivity contribution is 9.10. The Morgan fingerprint density at radius 1 is 1.10 bits per heavy atom. The molecule has 0 radical (unpaired) electrons. The van der Waals surface area contributed by atoms with Crippen LogP contribution in [0, 0.1) is 0 Å². The van der Waals surface area contributed by atoms with Crippen LogP contribution >= 0.6 is 27.3 Å². The van der Waals surface area contributed by atoms with E-state index in [0.29, 0.717) is 5.88 Å². The van der Waals surface area contributed by atoms with E-state index in [-0.39, 0.29) is 0 Å². The SMILES string of the molecule is Brc1ccc(Oc2ncnc3sc4c(c23)CCC4)cc1. The van der Waals surface area contributed by atoms with Gasteiger partial charge < -0.3 is 4.74 Å². The second-order valence-corrected chi connectivity index (χ2v) is 6.77. The molecule has 0 bridgehead atoms. The summed E-state index contributed by atoms with van der Waals surface area (Å²) in [5.74, 6) is 1.47. The molecule has 0 saturated carbocycles. The lowest BCUT2D eigenvalue weighted by Crippen LogP contribution is -1.91. The van der Waals surface area contributed by atoms with Gasteiger partial charge in [-0.15, -0.1) is 11.3 Å². The number of halogens is 1. The van der Waals surface area contributed by atoms with Gasteiger partial charge in [-0.1, -0.05) is 15.9 Å². The third-order valence-electron chi connectivity index (χ3n) is 3.49. The number of hydrogen-bond acceptors (Lipinski definition) is 4. The first kappa shape index (κ1) is 12.3. The molecule has 0 fully saturated rings. The van der Waals surface area contributed by atoms with Crippen LogP contribution < -0.4 is 4.74 Å². The number of benzene rings is 1. The molecule has 0 aliphatic heterocycles. The summed E-state index contributed by atoms with van der Waals surface area (Å²) in [6.07, 6.45) is 5.08. The summed E-state index contributed by atoms with van der Waals surface area (Å²) >= 11 is 5.20. The van der Waals surface area contributed by atoms with Crippen molar-refractivity contribution in [2.24, 2.45) is 0 Å². The molecule has 3 aromatic rings. The smallest absolute Gasteiger partial charge is 0.231 e. The molecule has 2 aromatic heterocycles. The molecule has 100 valence electrons. The summed E-state index contributed by atoms with van der Waals surface area (Å²) in [4.78, 5) is 11.2. The summed E-state index contributed by atoms with van der Waals surface area (Å²) in [5, 5.41) is 1.10. The molecule has 0 unspecified atom stereocenters. The number of aryl methyl sites for hydroxylation is 2.